The molecule has 0 bridgehead atoms. The van der Waals surface area contributed by atoms with Gasteiger partial charge in [0.1, 0.15) is 0 Å². The Morgan fingerprint density at radius 1 is 1.05 bits per heavy atom. The lowest BCUT2D eigenvalue weighted by molar-refractivity contribution is -0.197. The van der Waals surface area contributed by atoms with Crippen LogP contribution in [0.15, 0.2) is 37.1 Å². The summed E-state index contributed by atoms with van der Waals surface area (Å²) in [7, 11) is 0. The highest BCUT2D eigenvalue weighted by Crippen LogP contribution is 2.13. The van der Waals surface area contributed by atoms with Gasteiger partial charge in [-0.15, -0.1) is 5.06 Å². The molecular formula is C15H17NO6. The zero-order valence-corrected chi connectivity index (χ0v) is 12.0. The first-order valence-electron chi connectivity index (χ1n) is 6.75. The highest BCUT2D eigenvalue weighted by Gasteiger charge is 2.32. The van der Waals surface area contributed by atoms with Crippen molar-refractivity contribution in [2.75, 3.05) is 0 Å². The SMILES string of the molecule is C=C/C=C/C=C/OC(=O)CCCC(=O)ON1C(=O)CCC1=O. The van der Waals surface area contributed by atoms with Crippen LogP contribution in [0.3, 0.4) is 0 Å². The number of rotatable bonds is 8. The monoisotopic (exact) mass is 307 g/mol. The van der Waals surface area contributed by atoms with Crippen LogP contribution >= 0.6 is 0 Å². The minimum absolute atomic E-state index is 0.0203. The van der Waals surface area contributed by atoms with Crippen molar-refractivity contribution >= 4 is 23.8 Å². The number of ether oxygens (including phenoxy) is 1. The molecule has 0 aromatic carbocycles. The van der Waals surface area contributed by atoms with E-state index in [0.29, 0.717) is 5.06 Å². The zero-order chi connectivity index (χ0) is 16.4. The Morgan fingerprint density at radius 2 is 1.68 bits per heavy atom. The Labute approximate surface area is 127 Å². The largest absolute Gasteiger partial charge is 0.434 e. The van der Waals surface area contributed by atoms with E-state index >= 15 is 0 Å². The number of hydroxylamine groups is 2. The Bertz CT molecular complexity index is 504. The second kappa shape index (κ2) is 9.28. The third kappa shape index (κ3) is 6.17. The number of hydrogen-bond donors (Lipinski definition) is 0. The molecule has 1 aliphatic rings. The smallest absolute Gasteiger partial charge is 0.333 e. The molecule has 22 heavy (non-hydrogen) atoms. The molecule has 2 amide bonds. The highest BCUT2D eigenvalue weighted by molar-refractivity contribution is 6.01. The Kier molecular flexibility index (Phi) is 7.32. The van der Waals surface area contributed by atoms with Gasteiger partial charge in [0, 0.05) is 25.7 Å². The molecule has 118 valence electrons. The van der Waals surface area contributed by atoms with E-state index in [4.69, 9.17) is 4.74 Å². The van der Waals surface area contributed by atoms with Crippen molar-refractivity contribution in [1.29, 1.82) is 0 Å². The molecule has 0 radical (unpaired) electrons. The maximum Gasteiger partial charge on any atom is 0.333 e. The summed E-state index contributed by atoms with van der Waals surface area (Å²) in [5.74, 6) is -2.30. The van der Waals surface area contributed by atoms with E-state index in [1.807, 2.05) is 0 Å². The van der Waals surface area contributed by atoms with Gasteiger partial charge in [-0.1, -0.05) is 24.8 Å². The molecule has 0 aromatic rings. The van der Waals surface area contributed by atoms with Crippen LogP contribution in [0, 0.1) is 0 Å². The predicted molar refractivity (Wildman–Crippen MR) is 75.6 cm³/mol. The summed E-state index contributed by atoms with van der Waals surface area (Å²) in [5.41, 5.74) is 0. The third-order valence-corrected chi connectivity index (χ3v) is 2.60. The molecule has 1 aliphatic heterocycles. The minimum atomic E-state index is -0.735. The summed E-state index contributed by atoms with van der Waals surface area (Å²) in [6, 6.07) is 0. The first kappa shape index (κ1) is 17.4. The molecule has 0 atom stereocenters. The van der Waals surface area contributed by atoms with E-state index in [-0.39, 0.29) is 32.1 Å². The minimum Gasteiger partial charge on any atom is -0.434 e. The summed E-state index contributed by atoms with van der Waals surface area (Å²) in [5, 5.41) is 0.481. The number of carbonyl (C=O) groups is 4. The normalized spacial score (nSPS) is 14.8. The van der Waals surface area contributed by atoms with Crippen LogP contribution in [0.4, 0.5) is 0 Å². The number of hydrogen-bond acceptors (Lipinski definition) is 6. The number of esters is 1. The Balaban J connectivity index is 2.19. The fourth-order valence-corrected chi connectivity index (χ4v) is 1.54. The van der Waals surface area contributed by atoms with Gasteiger partial charge in [0.25, 0.3) is 11.8 Å². The summed E-state index contributed by atoms with van der Waals surface area (Å²) in [6.07, 6.45) is 7.86. The summed E-state index contributed by atoms with van der Waals surface area (Å²) >= 11 is 0. The maximum absolute atomic E-state index is 11.5. The standard InChI is InChI=1S/C15H17NO6/c1-2-3-4-5-11-21-14(19)7-6-8-15(20)22-16-12(17)9-10-13(16)18/h2-5,11H,1,6-10H2/b4-3+,11-5+. The lowest BCUT2D eigenvalue weighted by Crippen LogP contribution is -2.32. The second-order valence-electron chi connectivity index (χ2n) is 4.34. The van der Waals surface area contributed by atoms with Gasteiger partial charge in [-0.3, -0.25) is 14.4 Å². The number of amides is 2. The van der Waals surface area contributed by atoms with Gasteiger partial charge in [-0.25, -0.2) is 4.79 Å². The average Bonchev–Trinajstić information content (AvgIpc) is 2.79. The van der Waals surface area contributed by atoms with E-state index in [1.165, 1.54) is 12.3 Å². The molecule has 0 saturated carbocycles. The second-order valence-corrected chi connectivity index (χ2v) is 4.34. The van der Waals surface area contributed by atoms with E-state index in [2.05, 4.69) is 11.4 Å². The van der Waals surface area contributed by atoms with Crippen LogP contribution < -0.4 is 0 Å². The molecule has 7 heteroatoms. The van der Waals surface area contributed by atoms with Gasteiger partial charge in [-0.2, -0.15) is 0 Å². The summed E-state index contributed by atoms with van der Waals surface area (Å²) < 4.78 is 4.76. The van der Waals surface area contributed by atoms with Crippen molar-refractivity contribution in [3.05, 3.63) is 37.1 Å². The Morgan fingerprint density at radius 3 is 2.32 bits per heavy atom. The molecule has 0 unspecified atom stereocenters. The first-order chi connectivity index (χ1) is 10.5. The summed E-state index contributed by atoms with van der Waals surface area (Å²) in [6.45, 7) is 3.48. The van der Waals surface area contributed by atoms with Gasteiger partial charge in [-0.05, 0) is 12.5 Å². The van der Waals surface area contributed by atoms with E-state index < -0.39 is 23.8 Å². The number of carbonyl (C=O) groups excluding carboxylic acids is 4. The molecule has 1 fully saturated rings. The first-order valence-corrected chi connectivity index (χ1v) is 6.75. The van der Waals surface area contributed by atoms with Crippen LogP contribution in [-0.4, -0.2) is 28.8 Å². The predicted octanol–water partition coefficient (Wildman–Crippen LogP) is 1.56. The number of allylic oxidation sites excluding steroid dienone is 4. The number of nitrogens with zero attached hydrogens (tertiary/aromatic N) is 1. The third-order valence-electron chi connectivity index (χ3n) is 2.60. The molecule has 7 nitrogen and oxygen atoms in total. The molecule has 1 saturated heterocycles. The molecule has 0 aromatic heterocycles. The molecule has 1 rings (SSSR count). The van der Waals surface area contributed by atoms with Crippen molar-refractivity contribution in [3.8, 4) is 0 Å². The Hall–Kier alpha value is -2.70. The molecule has 1 heterocycles. The van der Waals surface area contributed by atoms with Gasteiger partial charge >= 0.3 is 11.9 Å². The average molecular weight is 307 g/mol. The highest BCUT2D eigenvalue weighted by atomic mass is 16.7. The van der Waals surface area contributed by atoms with E-state index in [0.717, 1.165) is 0 Å². The van der Waals surface area contributed by atoms with Crippen molar-refractivity contribution in [1.82, 2.24) is 5.06 Å². The molecular weight excluding hydrogens is 290 g/mol. The van der Waals surface area contributed by atoms with Crippen LogP contribution in [0.5, 0.6) is 0 Å². The topological polar surface area (TPSA) is 90.0 Å². The zero-order valence-electron chi connectivity index (χ0n) is 12.0. The van der Waals surface area contributed by atoms with Crippen LogP contribution in [0.2, 0.25) is 0 Å². The van der Waals surface area contributed by atoms with Gasteiger partial charge < -0.3 is 9.57 Å². The van der Waals surface area contributed by atoms with Crippen LogP contribution in [0.25, 0.3) is 0 Å². The lowest BCUT2D eigenvalue weighted by atomic mass is 10.2. The maximum atomic E-state index is 11.5. The quantitative estimate of drug-likeness (QED) is 0.292. The van der Waals surface area contributed by atoms with E-state index in [9.17, 15) is 19.2 Å². The van der Waals surface area contributed by atoms with Gasteiger partial charge in [0.15, 0.2) is 0 Å². The van der Waals surface area contributed by atoms with Gasteiger partial charge in [0.05, 0.1) is 6.26 Å². The van der Waals surface area contributed by atoms with Crippen molar-refractivity contribution in [2.45, 2.75) is 32.1 Å². The van der Waals surface area contributed by atoms with Gasteiger partial charge in [0.2, 0.25) is 0 Å². The molecule has 0 N–H and O–H groups in total. The van der Waals surface area contributed by atoms with Crippen molar-refractivity contribution in [3.63, 3.8) is 0 Å². The number of imide groups is 1. The summed E-state index contributed by atoms with van der Waals surface area (Å²) in [4.78, 5) is 49.9. The van der Waals surface area contributed by atoms with Crippen LogP contribution in [0.1, 0.15) is 32.1 Å². The van der Waals surface area contributed by atoms with Crippen molar-refractivity contribution < 1.29 is 28.8 Å². The fourth-order valence-electron chi connectivity index (χ4n) is 1.54. The van der Waals surface area contributed by atoms with Crippen molar-refractivity contribution in [2.24, 2.45) is 0 Å². The molecule has 0 spiro atoms. The van der Waals surface area contributed by atoms with E-state index in [1.54, 1.807) is 18.2 Å². The fraction of sp³-hybridized carbons (Fsp3) is 0.333. The lowest BCUT2D eigenvalue weighted by Gasteiger charge is -2.12. The van der Waals surface area contributed by atoms with Crippen LogP contribution in [-0.2, 0) is 28.8 Å². The molecule has 0 aliphatic carbocycles.